The van der Waals surface area contributed by atoms with Gasteiger partial charge in [-0.15, -0.1) is 30.5 Å². The summed E-state index contributed by atoms with van der Waals surface area (Å²) in [7, 11) is 0. The van der Waals surface area contributed by atoms with E-state index in [1.807, 2.05) is 0 Å². The second-order valence-electron chi connectivity index (χ2n) is 8.89. The van der Waals surface area contributed by atoms with Gasteiger partial charge in [-0.3, -0.25) is 19.2 Å². The van der Waals surface area contributed by atoms with Gasteiger partial charge in [-0.2, -0.15) is 0 Å². The molecule has 0 spiro atoms. The first-order chi connectivity index (χ1) is 19.3. The van der Waals surface area contributed by atoms with Crippen molar-refractivity contribution in [3.63, 3.8) is 0 Å². The van der Waals surface area contributed by atoms with Gasteiger partial charge in [0.05, 0.1) is 12.8 Å². The third-order valence-electron chi connectivity index (χ3n) is 5.94. The molecule has 14 heteroatoms. The van der Waals surface area contributed by atoms with E-state index < -0.39 is 35.6 Å². The van der Waals surface area contributed by atoms with E-state index >= 15 is 0 Å². The fourth-order valence-corrected chi connectivity index (χ4v) is 4.02. The lowest BCUT2D eigenvalue weighted by Crippen LogP contribution is -2.32. The smallest absolute Gasteiger partial charge is 0.330 e. The van der Waals surface area contributed by atoms with E-state index in [0.29, 0.717) is 32.4 Å². The molecular formula is C26H20N6O8. The second kappa shape index (κ2) is 11.1. The van der Waals surface area contributed by atoms with Crippen LogP contribution < -0.4 is 0 Å². The van der Waals surface area contributed by atoms with Gasteiger partial charge < -0.3 is 9.68 Å². The third-order valence-corrected chi connectivity index (χ3v) is 5.94. The van der Waals surface area contributed by atoms with E-state index in [4.69, 9.17) is 9.68 Å². The van der Waals surface area contributed by atoms with E-state index in [1.54, 1.807) is 48.5 Å². The van der Waals surface area contributed by atoms with E-state index in [0.717, 1.165) is 0 Å². The highest BCUT2D eigenvalue weighted by molar-refractivity contribution is 6.02. The fraction of sp³-hybridized carbons (Fsp3) is 0.231. The lowest BCUT2D eigenvalue weighted by Gasteiger charge is -2.12. The van der Waals surface area contributed by atoms with E-state index in [-0.39, 0.29) is 50.2 Å². The van der Waals surface area contributed by atoms with Crippen LogP contribution in [0.5, 0.6) is 0 Å². The monoisotopic (exact) mass is 544 g/mol. The van der Waals surface area contributed by atoms with Gasteiger partial charge in [0.1, 0.15) is 0 Å². The Balaban J connectivity index is 1.23. The van der Waals surface area contributed by atoms with Gasteiger partial charge in [-0.25, -0.2) is 9.59 Å². The van der Waals surface area contributed by atoms with Crippen molar-refractivity contribution in [3.05, 3.63) is 59.7 Å². The van der Waals surface area contributed by atoms with Gasteiger partial charge >= 0.3 is 11.9 Å². The predicted molar refractivity (Wildman–Crippen MR) is 130 cm³/mol. The van der Waals surface area contributed by atoms with Crippen LogP contribution in [-0.2, 0) is 51.3 Å². The standard InChI is InChI=1S/C26H20N6O8/c33-19-7-8-20(34)31(19)39-23(37)13-15-3-1-5-17(11-15)25-27-29-26(30-28-25)18-6-2-4-16(12-18)14-24(38)40-32-21(35)9-10-22(32)36/h1-6,11-12H,7-10,13-14H2. The van der Waals surface area contributed by atoms with Crippen LogP contribution >= 0.6 is 0 Å². The molecule has 5 rings (SSSR count). The zero-order chi connectivity index (χ0) is 28.2. The first-order valence-electron chi connectivity index (χ1n) is 12.2. The number of benzene rings is 2. The van der Waals surface area contributed by atoms with Crippen molar-refractivity contribution in [2.75, 3.05) is 0 Å². The molecule has 0 N–H and O–H groups in total. The number of rotatable bonds is 8. The molecule has 4 amide bonds. The Bertz CT molecular complexity index is 1390. The van der Waals surface area contributed by atoms with Gasteiger partial charge in [0.15, 0.2) is 0 Å². The summed E-state index contributed by atoms with van der Waals surface area (Å²) in [4.78, 5) is 80.9. The lowest BCUT2D eigenvalue weighted by molar-refractivity contribution is -0.197. The number of hydrogen-bond donors (Lipinski definition) is 0. The third kappa shape index (κ3) is 5.85. The Kier molecular flexibility index (Phi) is 7.31. The van der Waals surface area contributed by atoms with Gasteiger partial charge in [-0.05, 0) is 23.3 Å². The molecule has 202 valence electrons. The van der Waals surface area contributed by atoms with Crippen LogP contribution in [0.25, 0.3) is 22.8 Å². The minimum absolute atomic E-state index is 0.00877. The Morgan fingerprint density at radius 2 is 0.950 bits per heavy atom. The summed E-state index contributed by atoms with van der Waals surface area (Å²) in [6, 6.07) is 13.3. The number of nitrogens with zero attached hydrogens (tertiary/aromatic N) is 6. The SMILES string of the molecule is O=C(Cc1cccc(-c2nnc(-c3cccc(CC(=O)ON4C(=O)CCC4=O)c3)nn2)c1)ON1C(=O)CCC1=O. The minimum atomic E-state index is -0.768. The van der Waals surface area contributed by atoms with E-state index in [9.17, 15) is 28.8 Å². The predicted octanol–water partition coefficient (Wildman–Crippen LogP) is 0.900. The molecule has 2 aromatic carbocycles. The summed E-state index contributed by atoms with van der Waals surface area (Å²) < 4.78 is 0. The molecule has 2 aliphatic heterocycles. The van der Waals surface area contributed by atoms with Crippen LogP contribution in [0.15, 0.2) is 48.5 Å². The van der Waals surface area contributed by atoms with Crippen LogP contribution in [0.4, 0.5) is 0 Å². The maximum atomic E-state index is 12.2. The molecule has 3 aromatic rings. The maximum absolute atomic E-state index is 12.2. The Hall–Kier alpha value is -5.40. The van der Waals surface area contributed by atoms with Crippen LogP contribution in [0.1, 0.15) is 36.8 Å². The number of hydrogen-bond acceptors (Lipinski definition) is 12. The van der Waals surface area contributed by atoms with Crippen LogP contribution in [0.2, 0.25) is 0 Å². The van der Waals surface area contributed by atoms with Crippen molar-refractivity contribution in [2.45, 2.75) is 38.5 Å². The summed E-state index contributed by atoms with van der Waals surface area (Å²) in [6.45, 7) is 0. The summed E-state index contributed by atoms with van der Waals surface area (Å²) in [6.07, 6.45) is -0.356. The number of aromatic nitrogens is 4. The molecular weight excluding hydrogens is 524 g/mol. The summed E-state index contributed by atoms with van der Waals surface area (Å²) >= 11 is 0. The van der Waals surface area contributed by atoms with Crippen molar-refractivity contribution < 1.29 is 38.4 Å². The average molecular weight is 544 g/mol. The van der Waals surface area contributed by atoms with Gasteiger partial charge in [-0.1, -0.05) is 36.4 Å². The number of imide groups is 2. The first kappa shape index (κ1) is 26.2. The zero-order valence-electron chi connectivity index (χ0n) is 20.8. The number of carbonyl (C=O) groups excluding carboxylic acids is 6. The van der Waals surface area contributed by atoms with Gasteiger partial charge in [0.2, 0.25) is 11.6 Å². The Morgan fingerprint density at radius 3 is 1.30 bits per heavy atom. The number of hydroxylamine groups is 4. The lowest BCUT2D eigenvalue weighted by atomic mass is 10.1. The van der Waals surface area contributed by atoms with E-state index in [2.05, 4.69) is 20.4 Å². The first-order valence-corrected chi connectivity index (χ1v) is 12.2. The Morgan fingerprint density at radius 1 is 0.600 bits per heavy atom. The molecule has 1 aromatic heterocycles. The molecule has 3 heterocycles. The maximum Gasteiger partial charge on any atom is 0.337 e. The number of amides is 4. The van der Waals surface area contributed by atoms with Crippen molar-refractivity contribution in [1.82, 2.24) is 30.5 Å². The van der Waals surface area contributed by atoms with Crippen molar-refractivity contribution in [1.29, 1.82) is 0 Å². The topological polar surface area (TPSA) is 179 Å². The van der Waals surface area contributed by atoms with Crippen molar-refractivity contribution in [2.24, 2.45) is 0 Å². The number of carbonyl (C=O) groups is 6. The van der Waals surface area contributed by atoms with Crippen molar-refractivity contribution >= 4 is 35.6 Å². The van der Waals surface area contributed by atoms with Crippen LogP contribution in [-0.4, -0.2) is 66.1 Å². The molecule has 14 nitrogen and oxygen atoms in total. The average Bonchev–Trinajstić information content (AvgIpc) is 3.43. The molecule has 2 aliphatic rings. The molecule has 0 aliphatic carbocycles. The van der Waals surface area contributed by atoms with E-state index in [1.165, 1.54) is 0 Å². The molecule has 0 bridgehead atoms. The summed E-state index contributed by atoms with van der Waals surface area (Å²) in [5.74, 6) is -3.40. The summed E-state index contributed by atoms with van der Waals surface area (Å²) in [5.41, 5.74) is 2.11. The highest BCUT2D eigenvalue weighted by Gasteiger charge is 2.33. The normalized spacial score (nSPS) is 15.1. The quantitative estimate of drug-likeness (QED) is 0.366. The van der Waals surface area contributed by atoms with Gasteiger partial charge in [0.25, 0.3) is 23.6 Å². The molecule has 2 saturated heterocycles. The van der Waals surface area contributed by atoms with Crippen molar-refractivity contribution in [3.8, 4) is 22.8 Å². The fourth-order valence-electron chi connectivity index (χ4n) is 4.02. The summed E-state index contributed by atoms with van der Waals surface area (Å²) in [5, 5.41) is 17.4. The van der Waals surface area contributed by atoms with Crippen LogP contribution in [0.3, 0.4) is 0 Å². The minimum Gasteiger partial charge on any atom is -0.330 e. The molecule has 0 unspecified atom stereocenters. The zero-order valence-corrected chi connectivity index (χ0v) is 20.8. The molecule has 40 heavy (non-hydrogen) atoms. The highest BCUT2D eigenvalue weighted by atomic mass is 16.7. The largest absolute Gasteiger partial charge is 0.337 e. The Labute approximate surface area is 225 Å². The highest BCUT2D eigenvalue weighted by Crippen LogP contribution is 2.20. The van der Waals surface area contributed by atoms with Gasteiger partial charge in [0, 0.05) is 36.8 Å². The second-order valence-corrected chi connectivity index (χ2v) is 8.89. The van der Waals surface area contributed by atoms with Crippen LogP contribution in [0, 0.1) is 0 Å². The molecule has 0 radical (unpaired) electrons. The molecule has 2 fully saturated rings. The molecule has 0 saturated carbocycles. The molecule has 0 atom stereocenters.